The number of aromatic nitrogens is 2. The lowest BCUT2D eigenvalue weighted by Gasteiger charge is -2.06. The minimum Gasteiger partial charge on any atom is -0.369 e. The van der Waals surface area contributed by atoms with Crippen molar-refractivity contribution in [1.82, 2.24) is 9.78 Å². The van der Waals surface area contributed by atoms with Crippen LogP contribution >= 0.6 is 23.4 Å². The minimum absolute atomic E-state index is 0.0121. The molecule has 0 saturated heterocycles. The number of hydrogen-bond acceptors (Lipinski definition) is 3. The van der Waals surface area contributed by atoms with Crippen LogP contribution in [-0.4, -0.2) is 15.7 Å². The van der Waals surface area contributed by atoms with Crippen molar-refractivity contribution in [3.8, 4) is 0 Å². The summed E-state index contributed by atoms with van der Waals surface area (Å²) in [6.07, 6.45) is 12.9. The zero-order chi connectivity index (χ0) is 23.1. The van der Waals surface area contributed by atoms with E-state index in [0.717, 1.165) is 15.4 Å². The lowest BCUT2D eigenvalue weighted by atomic mass is 10.1. The molecule has 0 bridgehead atoms. The van der Waals surface area contributed by atoms with Gasteiger partial charge in [0.25, 0.3) is 0 Å². The molecular formula is C24H29ClFN3OS. The smallest absolute Gasteiger partial charge is 0.221 e. The first-order chi connectivity index (χ1) is 14.7. The number of allylic oxidation sites excluding steroid dienone is 10. The van der Waals surface area contributed by atoms with Gasteiger partial charge in [0.2, 0.25) is 5.91 Å². The molecule has 0 spiro atoms. The molecule has 166 valence electrons. The van der Waals surface area contributed by atoms with E-state index >= 15 is 4.39 Å². The van der Waals surface area contributed by atoms with E-state index in [1.807, 2.05) is 33.0 Å². The Labute approximate surface area is 193 Å². The molecule has 4 nitrogen and oxygen atoms in total. The third-order valence-electron chi connectivity index (χ3n) is 4.90. The van der Waals surface area contributed by atoms with Crippen molar-refractivity contribution in [1.29, 1.82) is 0 Å². The number of carbonyl (C=O) groups excluding carboxylic acids is 1. The molecule has 1 saturated carbocycles. The predicted octanol–water partition coefficient (Wildman–Crippen LogP) is 6.53. The molecule has 0 aromatic carbocycles. The van der Waals surface area contributed by atoms with Crippen LogP contribution in [0.1, 0.15) is 39.8 Å². The second-order valence-corrected chi connectivity index (χ2v) is 9.04. The lowest BCUT2D eigenvalue weighted by Crippen LogP contribution is -2.14. The molecule has 0 aliphatic heterocycles. The van der Waals surface area contributed by atoms with Gasteiger partial charge in [0.1, 0.15) is 11.5 Å². The van der Waals surface area contributed by atoms with Crippen molar-refractivity contribution in [3.63, 3.8) is 0 Å². The highest BCUT2D eigenvalue weighted by molar-refractivity contribution is 8.03. The summed E-state index contributed by atoms with van der Waals surface area (Å²) in [6, 6.07) is 0. The highest BCUT2D eigenvalue weighted by atomic mass is 35.5. The Morgan fingerprint density at radius 3 is 2.65 bits per heavy atom. The van der Waals surface area contributed by atoms with Crippen LogP contribution in [0.15, 0.2) is 75.5 Å². The Hall–Kier alpha value is -2.31. The first-order valence-corrected chi connectivity index (χ1v) is 11.3. The number of thioether (sulfide) groups is 1. The number of nitrogens with zero attached hydrogens (tertiary/aromatic N) is 2. The normalized spacial score (nSPS) is 20.8. The molecule has 1 heterocycles. The average molecular weight is 462 g/mol. The van der Waals surface area contributed by atoms with Gasteiger partial charge in [-0.05, 0) is 58.3 Å². The van der Waals surface area contributed by atoms with Crippen LogP contribution in [0.3, 0.4) is 0 Å². The van der Waals surface area contributed by atoms with Gasteiger partial charge in [-0.15, -0.1) is 0 Å². The molecule has 2 atom stereocenters. The number of carbonyl (C=O) groups is 1. The Kier molecular flexibility index (Phi) is 9.14. The van der Waals surface area contributed by atoms with Crippen LogP contribution in [0.5, 0.6) is 0 Å². The number of halogens is 2. The van der Waals surface area contributed by atoms with Gasteiger partial charge in [0.05, 0.1) is 4.90 Å². The standard InChI is InChI=1S/C24H29ClFN3OS/c1-6-9-18(21(26)12-15(4)19-13-20(19)24(27)30)23-22(14-29(8-3)28-23)31-17(7-2)11-10-16(5)25/h6-7,9-12,14,19-20H,2,8,13H2,1,3-5H3,(H2,27,30)/b9-6-,15-12+,16-10+,17-11+,21-18-. The summed E-state index contributed by atoms with van der Waals surface area (Å²) < 4.78 is 17.2. The van der Waals surface area contributed by atoms with Crippen molar-refractivity contribution < 1.29 is 9.18 Å². The van der Waals surface area contributed by atoms with Gasteiger partial charge in [-0.25, -0.2) is 4.39 Å². The second kappa shape index (κ2) is 11.3. The van der Waals surface area contributed by atoms with Crippen LogP contribution in [0.25, 0.3) is 5.57 Å². The molecule has 7 heteroatoms. The first-order valence-electron chi connectivity index (χ1n) is 10.1. The fraction of sp³-hybridized carbons (Fsp3) is 0.333. The molecule has 1 fully saturated rings. The quantitative estimate of drug-likeness (QED) is 0.318. The molecule has 2 rings (SSSR count). The van der Waals surface area contributed by atoms with Crippen molar-refractivity contribution in [2.75, 3.05) is 0 Å². The molecule has 1 amide bonds. The van der Waals surface area contributed by atoms with Crippen LogP contribution in [0.4, 0.5) is 4.39 Å². The Bertz CT molecular complexity index is 996. The van der Waals surface area contributed by atoms with E-state index in [9.17, 15) is 4.79 Å². The third-order valence-corrected chi connectivity index (χ3v) is 6.08. The van der Waals surface area contributed by atoms with Gasteiger partial charge >= 0.3 is 0 Å². The first kappa shape index (κ1) is 25.0. The number of amides is 1. The molecule has 1 aliphatic rings. The molecule has 31 heavy (non-hydrogen) atoms. The summed E-state index contributed by atoms with van der Waals surface area (Å²) in [6.45, 7) is 12.0. The van der Waals surface area contributed by atoms with Crippen LogP contribution in [-0.2, 0) is 11.3 Å². The van der Waals surface area contributed by atoms with Crippen LogP contribution in [0, 0.1) is 11.8 Å². The fourth-order valence-electron chi connectivity index (χ4n) is 3.13. The van der Waals surface area contributed by atoms with Crippen molar-refractivity contribution in [2.24, 2.45) is 17.6 Å². The molecule has 1 aromatic heterocycles. The van der Waals surface area contributed by atoms with Crippen LogP contribution < -0.4 is 5.73 Å². The monoisotopic (exact) mass is 461 g/mol. The van der Waals surface area contributed by atoms with E-state index in [-0.39, 0.29) is 17.7 Å². The number of nitrogens with two attached hydrogens (primary N) is 1. The van der Waals surface area contributed by atoms with E-state index in [1.54, 1.807) is 35.9 Å². The van der Waals surface area contributed by atoms with Crippen molar-refractivity contribution >= 4 is 34.8 Å². The number of aryl methyl sites for hydroxylation is 1. The summed E-state index contributed by atoms with van der Waals surface area (Å²) in [4.78, 5) is 13.0. The summed E-state index contributed by atoms with van der Waals surface area (Å²) in [7, 11) is 0. The molecular weight excluding hydrogens is 433 g/mol. The molecule has 2 N–H and O–H groups in total. The van der Waals surface area contributed by atoms with E-state index in [4.69, 9.17) is 17.3 Å². The zero-order valence-electron chi connectivity index (χ0n) is 18.4. The molecule has 0 radical (unpaired) electrons. The maximum atomic E-state index is 15.4. The number of rotatable bonds is 10. The summed E-state index contributed by atoms with van der Waals surface area (Å²) in [5.41, 5.74) is 7.12. The van der Waals surface area contributed by atoms with E-state index < -0.39 is 5.83 Å². The Balaban J connectivity index is 2.49. The largest absolute Gasteiger partial charge is 0.369 e. The highest BCUT2D eigenvalue weighted by Gasteiger charge is 2.42. The van der Waals surface area contributed by atoms with Crippen molar-refractivity contribution in [2.45, 2.75) is 45.6 Å². The lowest BCUT2D eigenvalue weighted by molar-refractivity contribution is -0.119. The van der Waals surface area contributed by atoms with Gasteiger partial charge in [-0.1, -0.05) is 53.7 Å². The molecule has 2 unspecified atom stereocenters. The fourth-order valence-corrected chi connectivity index (χ4v) is 4.09. The summed E-state index contributed by atoms with van der Waals surface area (Å²) >= 11 is 7.38. The maximum Gasteiger partial charge on any atom is 0.221 e. The van der Waals surface area contributed by atoms with E-state index in [0.29, 0.717) is 29.3 Å². The minimum atomic E-state index is -0.394. The van der Waals surface area contributed by atoms with Gasteiger partial charge in [-0.3, -0.25) is 9.48 Å². The molecule has 1 aliphatic carbocycles. The van der Waals surface area contributed by atoms with Gasteiger partial charge < -0.3 is 5.73 Å². The van der Waals surface area contributed by atoms with E-state index in [2.05, 4.69) is 11.7 Å². The summed E-state index contributed by atoms with van der Waals surface area (Å²) in [5, 5.41) is 5.26. The van der Waals surface area contributed by atoms with Gasteiger partial charge in [0, 0.05) is 34.2 Å². The van der Waals surface area contributed by atoms with Crippen molar-refractivity contribution in [3.05, 3.63) is 76.3 Å². The topological polar surface area (TPSA) is 60.9 Å². The number of hydrogen-bond donors (Lipinski definition) is 1. The third kappa shape index (κ3) is 6.84. The second-order valence-electron chi connectivity index (χ2n) is 7.33. The average Bonchev–Trinajstić information content (AvgIpc) is 3.44. The predicted molar refractivity (Wildman–Crippen MR) is 129 cm³/mol. The number of primary amides is 1. The van der Waals surface area contributed by atoms with E-state index in [1.165, 1.54) is 17.8 Å². The Morgan fingerprint density at radius 1 is 1.42 bits per heavy atom. The maximum absolute atomic E-state index is 15.4. The van der Waals surface area contributed by atoms with Crippen LogP contribution in [0.2, 0.25) is 0 Å². The van der Waals surface area contributed by atoms with Gasteiger partial charge in [0.15, 0.2) is 0 Å². The Morgan fingerprint density at radius 2 is 2.13 bits per heavy atom. The highest BCUT2D eigenvalue weighted by Crippen LogP contribution is 2.44. The SMILES string of the molecule is C=C/C(=C\C=C(/C)Cl)Sc1cn(CC)nc1C(/C=C\C)=C(F)/C=C(\C)C1CC1C(N)=O. The zero-order valence-corrected chi connectivity index (χ0v) is 19.9. The summed E-state index contributed by atoms with van der Waals surface area (Å²) in [5.74, 6) is -0.910. The molecule has 1 aromatic rings. The van der Waals surface area contributed by atoms with Gasteiger partial charge in [-0.2, -0.15) is 5.10 Å².